The lowest BCUT2D eigenvalue weighted by atomic mass is 9.94. The third kappa shape index (κ3) is 4.41. The molecule has 1 atom stereocenters. The van der Waals surface area contributed by atoms with E-state index in [2.05, 4.69) is 0 Å². The lowest BCUT2D eigenvalue weighted by Gasteiger charge is -2.27. The third-order valence-electron chi connectivity index (χ3n) is 5.21. The zero-order chi connectivity index (χ0) is 23.4. The number of rotatable bonds is 8. The number of hydrogen-bond donors (Lipinski definition) is 1. The van der Waals surface area contributed by atoms with Crippen LogP contribution in [0, 0.1) is 0 Å². The monoisotopic (exact) mass is 479 g/mol. The molecule has 0 bridgehead atoms. The van der Waals surface area contributed by atoms with Crippen molar-refractivity contribution in [2.45, 2.75) is 12.5 Å². The van der Waals surface area contributed by atoms with Gasteiger partial charge in [0.1, 0.15) is 5.76 Å². The van der Waals surface area contributed by atoms with Crippen LogP contribution in [0.2, 0.25) is 10.0 Å². The first kappa shape index (κ1) is 23.9. The Kier molecular flexibility index (Phi) is 7.66. The van der Waals surface area contributed by atoms with Crippen LogP contribution in [0.15, 0.2) is 42.0 Å². The van der Waals surface area contributed by atoms with Gasteiger partial charge in [-0.05, 0) is 30.7 Å². The minimum absolute atomic E-state index is 0.0719. The standard InChI is InChI=1S/C23H23Cl2NO6/c1-30-11-5-10-26-19(14-6-4-7-17(31-2)22(14)32-3)18(21(28)23(26)29)20(27)13-8-9-15(24)16(25)12-13/h4,6-9,12,19,27H,5,10-11H2,1-3H3/b20-18+. The van der Waals surface area contributed by atoms with Gasteiger partial charge in [-0.3, -0.25) is 9.59 Å². The predicted octanol–water partition coefficient (Wildman–Crippen LogP) is 4.47. The number of likely N-dealkylation sites (tertiary alicyclic amines) is 1. The van der Waals surface area contributed by atoms with Crippen LogP contribution in [0.25, 0.3) is 5.76 Å². The Balaban J connectivity index is 2.23. The molecule has 0 saturated carbocycles. The molecule has 1 aliphatic rings. The average molecular weight is 480 g/mol. The fourth-order valence-corrected chi connectivity index (χ4v) is 4.04. The van der Waals surface area contributed by atoms with Crippen molar-refractivity contribution < 1.29 is 28.9 Å². The first-order chi connectivity index (χ1) is 15.3. The average Bonchev–Trinajstić information content (AvgIpc) is 3.04. The van der Waals surface area contributed by atoms with Gasteiger partial charge in [-0.25, -0.2) is 0 Å². The maximum atomic E-state index is 13.1. The molecule has 9 heteroatoms. The molecule has 1 saturated heterocycles. The SMILES string of the molecule is COCCCN1C(=O)C(=O)/C(=C(/O)c2ccc(Cl)c(Cl)c2)C1c1cccc(OC)c1OC. The van der Waals surface area contributed by atoms with Gasteiger partial charge in [0.2, 0.25) is 0 Å². The summed E-state index contributed by atoms with van der Waals surface area (Å²) in [4.78, 5) is 27.5. The Morgan fingerprint density at radius 2 is 1.81 bits per heavy atom. The summed E-state index contributed by atoms with van der Waals surface area (Å²) < 4.78 is 16.0. The van der Waals surface area contributed by atoms with Crippen LogP contribution in [-0.4, -0.2) is 56.2 Å². The molecule has 32 heavy (non-hydrogen) atoms. The molecule has 1 N–H and O–H groups in total. The maximum Gasteiger partial charge on any atom is 0.295 e. The molecule has 2 aromatic rings. The normalized spacial score (nSPS) is 17.7. The smallest absolute Gasteiger partial charge is 0.295 e. The quantitative estimate of drug-likeness (QED) is 0.260. The number of carbonyl (C=O) groups excluding carboxylic acids is 2. The van der Waals surface area contributed by atoms with Crippen LogP contribution in [0.1, 0.15) is 23.6 Å². The van der Waals surface area contributed by atoms with Crippen LogP contribution >= 0.6 is 23.2 Å². The van der Waals surface area contributed by atoms with Crippen molar-refractivity contribution in [3.8, 4) is 11.5 Å². The second kappa shape index (κ2) is 10.3. The van der Waals surface area contributed by atoms with Crippen LogP contribution in [0.3, 0.4) is 0 Å². The summed E-state index contributed by atoms with van der Waals surface area (Å²) in [6.45, 7) is 0.638. The van der Waals surface area contributed by atoms with Crippen molar-refractivity contribution in [2.75, 3.05) is 34.5 Å². The molecular weight excluding hydrogens is 457 g/mol. The zero-order valence-electron chi connectivity index (χ0n) is 17.9. The fraction of sp³-hybridized carbons (Fsp3) is 0.304. The molecule has 0 aromatic heterocycles. The largest absolute Gasteiger partial charge is 0.507 e. The van der Waals surface area contributed by atoms with Gasteiger partial charge in [0.25, 0.3) is 11.7 Å². The molecule has 0 aliphatic carbocycles. The lowest BCUT2D eigenvalue weighted by molar-refractivity contribution is -0.140. The number of amides is 1. The summed E-state index contributed by atoms with van der Waals surface area (Å²) in [6.07, 6.45) is 0.499. The Labute approximate surface area is 196 Å². The number of para-hydroxylation sites is 1. The van der Waals surface area contributed by atoms with Gasteiger partial charge >= 0.3 is 0 Å². The fourth-order valence-electron chi connectivity index (χ4n) is 3.74. The third-order valence-corrected chi connectivity index (χ3v) is 5.95. The van der Waals surface area contributed by atoms with Gasteiger partial charge in [0.15, 0.2) is 11.5 Å². The van der Waals surface area contributed by atoms with Crippen molar-refractivity contribution in [2.24, 2.45) is 0 Å². The number of hydrogen-bond acceptors (Lipinski definition) is 6. The van der Waals surface area contributed by atoms with Gasteiger partial charge in [-0.1, -0.05) is 35.3 Å². The summed E-state index contributed by atoms with van der Waals surface area (Å²) in [6, 6.07) is 8.74. The van der Waals surface area contributed by atoms with Crippen molar-refractivity contribution in [3.05, 3.63) is 63.1 Å². The van der Waals surface area contributed by atoms with E-state index in [9.17, 15) is 14.7 Å². The van der Waals surface area contributed by atoms with Crippen molar-refractivity contribution in [1.82, 2.24) is 4.90 Å². The van der Waals surface area contributed by atoms with E-state index in [1.165, 1.54) is 37.3 Å². The lowest BCUT2D eigenvalue weighted by Crippen LogP contribution is -2.31. The molecule has 1 unspecified atom stereocenters. The van der Waals surface area contributed by atoms with Crippen LogP contribution < -0.4 is 9.47 Å². The number of benzene rings is 2. The number of methoxy groups -OCH3 is 3. The number of nitrogens with zero attached hydrogens (tertiary/aromatic N) is 1. The summed E-state index contributed by atoms with van der Waals surface area (Å²) in [5.74, 6) is -1.09. The van der Waals surface area contributed by atoms with E-state index in [0.717, 1.165) is 0 Å². The maximum absolute atomic E-state index is 13.1. The molecule has 3 rings (SSSR count). The Morgan fingerprint density at radius 3 is 2.44 bits per heavy atom. The molecule has 7 nitrogen and oxygen atoms in total. The predicted molar refractivity (Wildman–Crippen MR) is 122 cm³/mol. The number of ether oxygens (including phenoxy) is 3. The van der Waals surface area contributed by atoms with E-state index >= 15 is 0 Å². The molecular formula is C23H23Cl2NO6. The summed E-state index contributed by atoms with van der Waals surface area (Å²) in [5, 5.41) is 11.6. The van der Waals surface area contributed by atoms with E-state index in [4.69, 9.17) is 37.4 Å². The number of carbonyl (C=O) groups is 2. The van der Waals surface area contributed by atoms with Crippen LogP contribution in [0.5, 0.6) is 11.5 Å². The highest BCUT2D eigenvalue weighted by atomic mass is 35.5. The molecule has 1 aliphatic heterocycles. The highest BCUT2D eigenvalue weighted by molar-refractivity contribution is 6.47. The van der Waals surface area contributed by atoms with Gasteiger partial charge in [-0.15, -0.1) is 0 Å². The van der Waals surface area contributed by atoms with Gasteiger partial charge in [-0.2, -0.15) is 0 Å². The number of aliphatic hydroxyl groups excluding tert-OH is 1. The molecule has 170 valence electrons. The van der Waals surface area contributed by atoms with Crippen molar-refractivity contribution >= 4 is 40.7 Å². The number of ketones is 1. The molecule has 1 heterocycles. The summed E-state index contributed by atoms with van der Waals surface area (Å²) >= 11 is 12.1. The molecule has 0 spiro atoms. The van der Waals surface area contributed by atoms with Crippen LogP contribution in [0.4, 0.5) is 0 Å². The van der Waals surface area contributed by atoms with E-state index in [-0.39, 0.29) is 28.5 Å². The summed E-state index contributed by atoms with van der Waals surface area (Å²) in [5.41, 5.74) is 0.698. The second-order valence-electron chi connectivity index (χ2n) is 7.05. The zero-order valence-corrected chi connectivity index (χ0v) is 19.4. The molecule has 1 fully saturated rings. The van der Waals surface area contributed by atoms with E-state index in [1.54, 1.807) is 25.3 Å². The molecule has 0 radical (unpaired) electrons. The number of halogens is 2. The van der Waals surface area contributed by atoms with E-state index < -0.39 is 17.7 Å². The Hall–Kier alpha value is -2.74. The van der Waals surface area contributed by atoms with Crippen molar-refractivity contribution in [3.63, 3.8) is 0 Å². The highest BCUT2D eigenvalue weighted by Crippen LogP contribution is 2.45. The number of Topliss-reactive ketones (excluding diaryl/α,β-unsaturated/α-hetero) is 1. The second-order valence-corrected chi connectivity index (χ2v) is 7.86. The van der Waals surface area contributed by atoms with E-state index in [1.807, 2.05) is 0 Å². The number of aliphatic hydroxyl groups is 1. The topological polar surface area (TPSA) is 85.3 Å². The minimum atomic E-state index is -0.897. The summed E-state index contributed by atoms with van der Waals surface area (Å²) in [7, 11) is 4.52. The van der Waals surface area contributed by atoms with E-state index in [0.29, 0.717) is 35.1 Å². The minimum Gasteiger partial charge on any atom is -0.507 e. The Bertz CT molecular complexity index is 1070. The molecule has 2 aromatic carbocycles. The van der Waals surface area contributed by atoms with Gasteiger partial charge in [0.05, 0.1) is 35.9 Å². The highest BCUT2D eigenvalue weighted by Gasteiger charge is 2.47. The Morgan fingerprint density at radius 1 is 1.06 bits per heavy atom. The van der Waals surface area contributed by atoms with Gasteiger partial charge in [0, 0.05) is 31.4 Å². The molecule has 1 amide bonds. The van der Waals surface area contributed by atoms with Gasteiger partial charge < -0.3 is 24.2 Å². The van der Waals surface area contributed by atoms with Crippen molar-refractivity contribution in [1.29, 1.82) is 0 Å². The first-order valence-corrected chi connectivity index (χ1v) is 10.5. The van der Waals surface area contributed by atoms with Crippen LogP contribution in [-0.2, 0) is 14.3 Å². The first-order valence-electron chi connectivity index (χ1n) is 9.79.